The van der Waals surface area contributed by atoms with Crippen molar-refractivity contribution in [3.05, 3.63) is 89.5 Å². The second-order valence-electron chi connectivity index (χ2n) is 7.73. The number of nitrogens with zero attached hydrogens (tertiary/aromatic N) is 1. The highest BCUT2D eigenvalue weighted by molar-refractivity contribution is 5.90. The Morgan fingerprint density at radius 2 is 1.68 bits per heavy atom. The summed E-state index contributed by atoms with van der Waals surface area (Å²) >= 11 is 0. The van der Waals surface area contributed by atoms with E-state index in [0.29, 0.717) is 18.1 Å². The van der Waals surface area contributed by atoms with Gasteiger partial charge in [-0.3, -0.25) is 0 Å². The maximum absolute atomic E-state index is 12.3. The van der Waals surface area contributed by atoms with Gasteiger partial charge in [-0.05, 0) is 73.2 Å². The number of hydrogen-bond acceptors (Lipinski definition) is 4. The number of aromatic nitrogens is 1. The summed E-state index contributed by atoms with van der Waals surface area (Å²) in [7, 11) is 0. The highest BCUT2D eigenvalue weighted by Crippen LogP contribution is 2.26. The predicted octanol–water partition coefficient (Wildman–Crippen LogP) is 6.63. The van der Waals surface area contributed by atoms with Crippen LogP contribution in [0.5, 0.6) is 0 Å². The van der Waals surface area contributed by atoms with Crippen LogP contribution in [-0.4, -0.2) is 17.6 Å². The van der Waals surface area contributed by atoms with Gasteiger partial charge in [0.2, 0.25) is 5.89 Å². The maximum atomic E-state index is 12.3. The number of oxazole rings is 1. The maximum Gasteiger partial charge on any atom is 0.338 e. The van der Waals surface area contributed by atoms with Crippen molar-refractivity contribution in [1.82, 2.24) is 4.98 Å². The molecule has 158 valence electrons. The molecule has 0 aliphatic rings. The molecule has 0 saturated heterocycles. The van der Waals surface area contributed by atoms with Gasteiger partial charge in [-0.25, -0.2) is 9.78 Å². The number of esters is 1. The molecule has 0 fully saturated rings. The first kappa shape index (κ1) is 20.9. The summed E-state index contributed by atoms with van der Waals surface area (Å²) in [5, 5.41) is 0. The summed E-state index contributed by atoms with van der Waals surface area (Å²) in [6.07, 6.45) is 5.09. The number of rotatable bonds is 9. The van der Waals surface area contributed by atoms with Crippen molar-refractivity contribution in [3.8, 4) is 11.5 Å². The molecule has 4 rings (SSSR count). The molecule has 4 heteroatoms. The zero-order valence-corrected chi connectivity index (χ0v) is 17.8. The van der Waals surface area contributed by atoms with E-state index in [0.717, 1.165) is 35.9 Å². The Kier molecular flexibility index (Phi) is 6.78. The molecule has 0 bridgehead atoms. The molecule has 0 unspecified atom stereocenters. The van der Waals surface area contributed by atoms with Crippen molar-refractivity contribution in [2.45, 2.75) is 39.0 Å². The molecule has 0 atom stereocenters. The Bertz CT molecular complexity index is 1130. The van der Waals surface area contributed by atoms with Gasteiger partial charge in [0.1, 0.15) is 5.52 Å². The lowest BCUT2D eigenvalue weighted by molar-refractivity contribution is 0.0500. The van der Waals surface area contributed by atoms with Crippen LogP contribution in [0.4, 0.5) is 0 Å². The van der Waals surface area contributed by atoms with Crippen LogP contribution < -0.4 is 0 Å². The Hall–Kier alpha value is -3.40. The van der Waals surface area contributed by atoms with E-state index in [1.54, 1.807) is 12.1 Å². The fourth-order valence-electron chi connectivity index (χ4n) is 3.55. The average molecular weight is 414 g/mol. The van der Waals surface area contributed by atoms with Crippen LogP contribution in [0.15, 0.2) is 77.2 Å². The lowest BCUT2D eigenvalue weighted by atomic mass is 10.1. The van der Waals surface area contributed by atoms with Gasteiger partial charge in [0.05, 0.1) is 12.2 Å². The first-order valence-corrected chi connectivity index (χ1v) is 10.9. The van der Waals surface area contributed by atoms with E-state index in [1.807, 2.05) is 36.4 Å². The third-order valence-electron chi connectivity index (χ3n) is 5.32. The largest absolute Gasteiger partial charge is 0.462 e. The molecule has 0 amide bonds. The summed E-state index contributed by atoms with van der Waals surface area (Å²) in [4.78, 5) is 16.9. The lowest BCUT2D eigenvalue weighted by Crippen LogP contribution is -2.07. The Morgan fingerprint density at radius 1 is 0.903 bits per heavy atom. The average Bonchev–Trinajstić information content (AvgIpc) is 3.24. The third-order valence-corrected chi connectivity index (χ3v) is 5.32. The van der Waals surface area contributed by atoms with E-state index in [4.69, 9.17) is 9.15 Å². The van der Waals surface area contributed by atoms with Gasteiger partial charge in [-0.1, -0.05) is 49.7 Å². The van der Waals surface area contributed by atoms with Crippen molar-refractivity contribution in [3.63, 3.8) is 0 Å². The second-order valence-corrected chi connectivity index (χ2v) is 7.73. The third kappa shape index (κ3) is 5.40. The van der Waals surface area contributed by atoms with E-state index < -0.39 is 0 Å². The summed E-state index contributed by atoms with van der Waals surface area (Å²) in [5.74, 6) is 0.253. The van der Waals surface area contributed by atoms with Gasteiger partial charge in [-0.2, -0.15) is 0 Å². The summed E-state index contributed by atoms with van der Waals surface area (Å²) in [6.45, 7) is 2.60. The molecule has 0 radical (unpaired) electrons. The fraction of sp³-hybridized carbons (Fsp3) is 0.259. The van der Waals surface area contributed by atoms with Crippen molar-refractivity contribution in [2.75, 3.05) is 6.61 Å². The van der Waals surface area contributed by atoms with E-state index in [1.165, 1.54) is 24.0 Å². The van der Waals surface area contributed by atoms with Crippen LogP contribution in [0.25, 0.3) is 22.6 Å². The zero-order valence-electron chi connectivity index (χ0n) is 17.8. The molecule has 0 saturated carbocycles. The molecule has 0 N–H and O–H groups in total. The zero-order chi connectivity index (χ0) is 21.5. The number of aryl methyl sites for hydroxylation is 2. The second kappa shape index (κ2) is 10.1. The van der Waals surface area contributed by atoms with Gasteiger partial charge in [0.15, 0.2) is 5.58 Å². The first-order chi connectivity index (χ1) is 15.2. The number of fused-ring (bicyclic) bond motifs is 1. The topological polar surface area (TPSA) is 52.3 Å². The van der Waals surface area contributed by atoms with E-state index in [-0.39, 0.29) is 5.97 Å². The minimum Gasteiger partial charge on any atom is -0.462 e. The van der Waals surface area contributed by atoms with E-state index in [9.17, 15) is 4.79 Å². The van der Waals surface area contributed by atoms with Crippen molar-refractivity contribution in [2.24, 2.45) is 0 Å². The van der Waals surface area contributed by atoms with Crippen molar-refractivity contribution < 1.29 is 13.9 Å². The highest BCUT2D eigenvalue weighted by atomic mass is 16.5. The van der Waals surface area contributed by atoms with Crippen LogP contribution in [0.2, 0.25) is 0 Å². The fourth-order valence-corrected chi connectivity index (χ4v) is 3.55. The van der Waals surface area contributed by atoms with Crippen molar-refractivity contribution in [1.29, 1.82) is 0 Å². The Balaban J connectivity index is 1.35. The molecule has 4 nitrogen and oxygen atoms in total. The highest BCUT2D eigenvalue weighted by Gasteiger charge is 2.11. The van der Waals surface area contributed by atoms with Gasteiger partial charge in [-0.15, -0.1) is 0 Å². The van der Waals surface area contributed by atoms with Gasteiger partial charge < -0.3 is 9.15 Å². The van der Waals surface area contributed by atoms with Crippen LogP contribution in [0, 0.1) is 0 Å². The molecule has 1 aromatic heterocycles. The van der Waals surface area contributed by atoms with Gasteiger partial charge >= 0.3 is 5.97 Å². The smallest absolute Gasteiger partial charge is 0.338 e. The number of hydrogen-bond donors (Lipinski definition) is 0. The molecule has 31 heavy (non-hydrogen) atoms. The minimum absolute atomic E-state index is 0.308. The minimum atomic E-state index is -0.308. The summed E-state index contributed by atoms with van der Waals surface area (Å²) in [5.41, 5.74) is 5.54. The quantitative estimate of drug-likeness (QED) is 0.228. The number of carbonyl (C=O) groups excluding carboxylic acids is 1. The molecule has 4 aromatic rings. The summed E-state index contributed by atoms with van der Waals surface area (Å²) in [6, 6.07) is 23.6. The van der Waals surface area contributed by atoms with Crippen LogP contribution in [0.1, 0.15) is 47.7 Å². The molecular formula is C27H27NO3. The molecular weight excluding hydrogens is 386 g/mol. The Labute approximate surface area is 182 Å². The number of ether oxygens (including phenoxy) is 1. The van der Waals surface area contributed by atoms with Crippen LogP contribution in [-0.2, 0) is 17.6 Å². The van der Waals surface area contributed by atoms with Crippen LogP contribution in [0.3, 0.4) is 0 Å². The van der Waals surface area contributed by atoms with Gasteiger partial charge in [0, 0.05) is 5.56 Å². The monoisotopic (exact) mass is 413 g/mol. The normalized spacial score (nSPS) is 11.0. The molecule has 1 heterocycles. The Morgan fingerprint density at radius 3 is 2.45 bits per heavy atom. The lowest BCUT2D eigenvalue weighted by Gasteiger charge is -2.05. The first-order valence-electron chi connectivity index (χ1n) is 10.9. The number of benzene rings is 3. The molecule has 3 aromatic carbocycles. The number of carbonyl (C=O) groups is 1. The molecule has 0 aliphatic heterocycles. The van der Waals surface area contributed by atoms with Crippen molar-refractivity contribution >= 4 is 17.1 Å². The molecule has 0 spiro atoms. The summed E-state index contributed by atoms with van der Waals surface area (Å²) < 4.78 is 11.3. The van der Waals surface area contributed by atoms with E-state index in [2.05, 4.69) is 36.2 Å². The van der Waals surface area contributed by atoms with Crippen LogP contribution >= 0.6 is 0 Å². The predicted molar refractivity (Wildman–Crippen MR) is 123 cm³/mol. The van der Waals surface area contributed by atoms with Gasteiger partial charge in [0.25, 0.3) is 0 Å². The number of unbranched alkanes of at least 4 members (excludes halogenated alkanes) is 1. The standard InChI is InChI=1S/C27H27NO3/c1-2-3-8-21-12-17-25-24(19-21)28-26(31-25)22-13-15-23(16-14-22)27(29)30-18-7-11-20-9-5-4-6-10-20/h4-6,9-10,12-17,19H,2-3,7-8,11,18H2,1H3. The molecule has 0 aliphatic carbocycles. The van der Waals surface area contributed by atoms with E-state index >= 15 is 0 Å². The SMILES string of the molecule is CCCCc1ccc2oc(-c3ccc(C(=O)OCCCc4ccccc4)cc3)nc2c1.